The van der Waals surface area contributed by atoms with Gasteiger partial charge in [0, 0.05) is 18.3 Å². The second kappa shape index (κ2) is 21.9. The minimum absolute atomic E-state index is 0. The molecule has 0 unspecified atom stereocenters. The number of nitrogens with two attached hydrogens (primary N) is 1. The number of carbonyl (C=O) groups is 1. The summed E-state index contributed by atoms with van der Waals surface area (Å²) in [4.78, 5) is 18.7. The molecule has 0 radical (unpaired) electrons. The number of imidazole rings is 1. The summed E-state index contributed by atoms with van der Waals surface area (Å²) in [6.07, 6.45) is 25.1. The molecule has 3 N–H and O–H groups in total. The molecule has 6 heteroatoms. The molecule has 0 aliphatic heterocycles. The molecule has 1 aromatic rings. The van der Waals surface area contributed by atoms with Crippen LogP contribution < -0.4 is 5.73 Å². The first-order chi connectivity index (χ1) is 14.2. The summed E-state index contributed by atoms with van der Waals surface area (Å²) in [5.74, 6) is -0.319. The standard InChI is InChI=1S/C24H45N3O2.Na.H/c1-2-3-4-5-6-7-8-9-10-11-12-13-14-15-16-17-18-29-24(28)23(25)19-22-20-26-21-27-22;;/h20-21,23H,2-19,25H2,1H3,(H,26,27);;/t23-;;/m0../s1. The molecule has 0 amide bonds. The molecule has 0 saturated carbocycles. The Kier molecular flexibility index (Phi) is 21.6. The van der Waals surface area contributed by atoms with Crippen molar-refractivity contribution in [1.82, 2.24) is 9.97 Å². The molecule has 1 aromatic heterocycles. The van der Waals surface area contributed by atoms with Gasteiger partial charge in [-0.2, -0.15) is 0 Å². The van der Waals surface area contributed by atoms with Crippen molar-refractivity contribution in [2.75, 3.05) is 6.61 Å². The molecule has 1 heterocycles. The molecular formula is C24H46N3NaO2. The predicted octanol–water partition coefficient (Wildman–Crippen LogP) is 5.44. The van der Waals surface area contributed by atoms with Crippen molar-refractivity contribution in [3.63, 3.8) is 0 Å². The third-order valence-corrected chi connectivity index (χ3v) is 5.54. The van der Waals surface area contributed by atoms with E-state index in [1.54, 1.807) is 12.5 Å². The third-order valence-electron chi connectivity index (χ3n) is 5.54. The number of ether oxygens (including phenoxy) is 1. The van der Waals surface area contributed by atoms with Crippen LogP contribution in [-0.4, -0.2) is 58.1 Å². The van der Waals surface area contributed by atoms with E-state index in [0.29, 0.717) is 13.0 Å². The summed E-state index contributed by atoms with van der Waals surface area (Å²) < 4.78 is 5.27. The number of esters is 1. The molecule has 1 rings (SSSR count). The van der Waals surface area contributed by atoms with Gasteiger partial charge in [-0.1, -0.05) is 103 Å². The second-order valence-corrected chi connectivity index (χ2v) is 8.36. The van der Waals surface area contributed by atoms with Crippen LogP contribution in [0.25, 0.3) is 0 Å². The van der Waals surface area contributed by atoms with E-state index in [2.05, 4.69) is 16.9 Å². The van der Waals surface area contributed by atoms with Crippen molar-refractivity contribution in [2.24, 2.45) is 5.73 Å². The molecule has 0 saturated heterocycles. The number of H-pyrrole nitrogens is 1. The Morgan fingerprint density at radius 1 is 0.900 bits per heavy atom. The Balaban J connectivity index is 0.00000841. The molecule has 0 fully saturated rings. The average molecular weight is 432 g/mol. The van der Waals surface area contributed by atoms with Crippen LogP contribution in [0, 0.1) is 0 Å². The number of aromatic nitrogens is 2. The fraction of sp³-hybridized carbons (Fsp3) is 0.833. The average Bonchev–Trinajstić information content (AvgIpc) is 3.23. The molecule has 1 atom stereocenters. The van der Waals surface area contributed by atoms with E-state index in [1.165, 1.54) is 89.9 Å². The Morgan fingerprint density at radius 2 is 1.37 bits per heavy atom. The number of unbranched alkanes of at least 4 members (excludes halogenated alkanes) is 15. The summed E-state index contributed by atoms with van der Waals surface area (Å²) in [6, 6.07) is -0.614. The SMILES string of the molecule is CCCCCCCCCCCCCCCCCCOC(=O)[C@@H](N)Cc1cnc[nH]1.[NaH]. The van der Waals surface area contributed by atoms with E-state index in [0.717, 1.165) is 18.5 Å². The maximum atomic E-state index is 11.8. The third kappa shape index (κ3) is 17.3. The van der Waals surface area contributed by atoms with Crippen LogP contribution in [-0.2, 0) is 16.0 Å². The number of hydrogen-bond acceptors (Lipinski definition) is 4. The number of nitrogens with one attached hydrogen (secondary N) is 1. The molecule has 5 nitrogen and oxygen atoms in total. The van der Waals surface area contributed by atoms with Crippen LogP contribution in [0.15, 0.2) is 12.5 Å². The molecule has 170 valence electrons. The van der Waals surface area contributed by atoms with Gasteiger partial charge in [0.2, 0.25) is 0 Å². The van der Waals surface area contributed by atoms with E-state index in [4.69, 9.17) is 10.5 Å². The first kappa shape index (κ1) is 29.6. The number of aromatic amines is 1. The predicted molar refractivity (Wildman–Crippen MR) is 128 cm³/mol. The van der Waals surface area contributed by atoms with Crippen molar-refractivity contribution in [2.45, 2.75) is 122 Å². The fourth-order valence-corrected chi connectivity index (χ4v) is 3.65. The van der Waals surface area contributed by atoms with Gasteiger partial charge < -0.3 is 15.5 Å². The maximum absolute atomic E-state index is 11.8. The van der Waals surface area contributed by atoms with Crippen LogP contribution in [0.5, 0.6) is 0 Å². The van der Waals surface area contributed by atoms with Crippen LogP contribution in [0.2, 0.25) is 0 Å². The zero-order valence-electron chi connectivity index (χ0n) is 18.8. The summed E-state index contributed by atoms with van der Waals surface area (Å²) in [6.45, 7) is 2.76. The van der Waals surface area contributed by atoms with Crippen molar-refractivity contribution >= 4 is 35.5 Å². The molecular weight excluding hydrogens is 385 g/mol. The van der Waals surface area contributed by atoms with Gasteiger partial charge in [-0.25, -0.2) is 4.98 Å². The Morgan fingerprint density at radius 3 is 1.80 bits per heavy atom. The molecule has 30 heavy (non-hydrogen) atoms. The molecule has 0 bridgehead atoms. The normalized spacial score (nSPS) is 11.8. The fourth-order valence-electron chi connectivity index (χ4n) is 3.65. The topological polar surface area (TPSA) is 81.0 Å². The van der Waals surface area contributed by atoms with Crippen molar-refractivity contribution in [3.05, 3.63) is 18.2 Å². The van der Waals surface area contributed by atoms with Gasteiger partial charge in [-0.05, 0) is 6.42 Å². The summed E-state index contributed by atoms with van der Waals surface area (Å²) in [5, 5.41) is 0. The number of carbonyl (C=O) groups excluding carboxylic acids is 1. The van der Waals surface area contributed by atoms with Gasteiger partial charge in [0.1, 0.15) is 6.04 Å². The minimum atomic E-state index is -0.614. The van der Waals surface area contributed by atoms with Crippen molar-refractivity contribution < 1.29 is 9.53 Å². The van der Waals surface area contributed by atoms with E-state index in [9.17, 15) is 4.79 Å². The van der Waals surface area contributed by atoms with Gasteiger partial charge in [0.05, 0.1) is 12.9 Å². The summed E-state index contributed by atoms with van der Waals surface area (Å²) >= 11 is 0. The van der Waals surface area contributed by atoms with Gasteiger partial charge in [-0.15, -0.1) is 0 Å². The molecule has 0 aliphatic rings. The van der Waals surface area contributed by atoms with E-state index >= 15 is 0 Å². The van der Waals surface area contributed by atoms with Crippen molar-refractivity contribution in [1.29, 1.82) is 0 Å². The summed E-state index contributed by atoms with van der Waals surface area (Å²) in [5.41, 5.74) is 6.72. The van der Waals surface area contributed by atoms with Gasteiger partial charge in [-0.3, -0.25) is 4.79 Å². The molecule has 0 spiro atoms. The van der Waals surface area contributed by atoms with E-state index in [-0.39, 0.29) is 35.5 Å². The zero-order chi connectivity index (χ0) is 21.0. The van der Waals surface area contributed by atoms with Gasteiger partial charge in [0.15, 0.2) is 0 Å². The number of hydrogen-bond donors (Lipinski definition) is 2. The first-order valence-corrected chi connectivity index (χ1v) is 12.1. The Labute approximate surface area is 207 Å². The zero-order valence-corrected chi connectivity index (χ0v) is 18.8. The summed E-state index contributed by atoms with van der Waals surface area (Å²) in [7, 11) is 0. The Hall–Kier alpha value is -0.360. The monoisotopic (exact) mass is 431 g/mol. The molecule has 0 aliphatic carbocycles. The van der Waals surface area contributed by atoms with Gasteiger partial charge >= 0.3 is 35.5 Å². The molecule has 0 aromatic carbocycles. The quantitative estimate of drug-likeness (QED) is 0.164. The number of rotatable bonds is 20. The Bertz CT molecular complexity index is 483. The van der Waals surface area contributed by atoms with Crippen LogP contribution in [0.3, 0.4) is 0 Å². The number of nitrogens with zero attached hydrogens (tertiary/aromatic N) is 1. The van der Waals surface area contributed by atoms with Crippen molar-refractivity contribution in [3.8, 4) is 0 Å². The van der Waals surface area contributed by atoms with E-state index < -0.39 is 6.04 Å². The second-order valence-electron chi connectivity index (χ2n) is 8.36. The van der Waals surface area contributed by atoms with Crippen LogP contribution in [0.1, 0.15) is 115 Å². The van der Waals surface area contributed by atoms with Gasteiger partial charge in [0.25, 0.3) is 0 Å². The first-order valence-electron chi connectivity index (χ1n) is 12.1. The van der Waals surface area contributed by atoms with E-state index in [1.807, 2.05) is 0 Å². The van der Waals surface area contributed by atoms with Crippen LogP contribution in [0.4, 0.5) is 0 Å². The van der Waals surface area contributed by atoms with Crippen LogP contribution >= 0.6 is 0 Å².